The van der Waals surface area contributed by atoms with Crippen LogP contribution in [0.5, 0.6) is 5.75 Å². The lowest BCUT2D eigenvalue weighted by Crippen LogP contribution is -2.70. The van der Waals surface area contributed by atoms with Crippen LogP contribution in [0.3, 0.4) is 0 Å². The summed E-state index contributed by atoms with van der Waals surface area (Å²) in [5.74, 6) is 0.263. The number of fused-ring (bicyclic) bond motifs is 1. The Kier molecular flexibility index (Phi) is 6.50. The topological polar surface area (TPSA) is 84.9 Å². The molecule has 2 heterocycles. The third kappa shape index (κ3) is 4.50. The second kappa shape index (κ2) is 9.48. The number of thioether (sulfide) groups is 1. The summed E-state index contributed by atoms with van der Waals surface area (Å²) in [6.07, 6.45) is 0.202. The zero-order valence-corrected chi connectivity index (χ0v) is 18.7. The normalized spacial score (nSPS) is 19.7. The number of carbonyl (C=O) groups excluding carboxylic acids is 3. The quantitative estimate of drug-likeness (QED) is 0.514. The lowest BCUT2D eigenvalue weighted by Gasteiger charge is -2.49. The lowest BCUT2D eigenvalue weighted by atomic mass is 10.0. The van der Waals surface area contributed by atoms with E-state index < -0.39 is 12.0 Å². The first-order valence-electron chi connectivity index (χ1n) is 10.3. The van der Waals surface area contributed by atoms with Gasteiger partial charge in [0.25, 0.3) is 5.91 Å². The summed E-state index contributed by atoms with van der Waals surface area (Å²) in [4.78, 5) is 39.5. The van der Waals surface area contributed by atoms with E-state index in [1.807, 2.05) is 49.4 Å². The van der Waals surface area contributed by atoms with Crippen LogP contribution < -0.4 is 10.1 Å². The van der Waals surface area contributed by atoms with Gasteiger partial charge in [-0.15, -0.1) is 11.8 Å². The van der Waals surface area contributed by atoms with Gasteiger partial charge in [0.15, 0.2) is 0 Å². The summed E-state index contributed by atoms with van der Waals surface area (Å²) in [5, 5.41) is 2.51. The predicted molar refractivity (Wildman–Crippen MR) is 121 cm³/mol. The summed E-state index contributed by atoms with van der Waals surface area (Å²) >= 11 is 1.53. The first kappa shape index (κ1) is 22.0. The van der Waals surface area contributed by atoms with Crippen LogP contribution in [-0.2, 0) is 32.1 Å². The van der Waals surface area contributed by atoms with Gasteiger partial charge < -0.3 is 14.8 Å². The highest BCUT2D eigenvalue weighted by Crippen LogP contribution is 2.40. The lowest BCUT2D eigenvalue weighted by molar-refractivity contribution is -0.153. The fraction of sp³-hybridized carbons (Fsp3) is 0.292. The van der Waals surface area contributed by atoms with Gasteiger partial charge in [0.1, 0.15) is 29.5 Å². The average Bonchev–Trinajstić information content (AvgIpc) is 2.81. The minimum absolute atomic E-state index is 0.0939. The molecule has 0 aromatic heterocycles. The number of nitrogens with one attached hydrogen (secondary N) is 1. The maximum Gasteiger partial charge on any atom is 0.355 e. The van der Waals surface area contributed by atoms with Gasteiger partial charge in [-0.2, -0.15) is 0 Å². The molecule has 2 aromatic carbocycles. The van der Waals surface area contributed by atoms with Crippen molar-refractivity contribution < 1.29 is 23.9 Å². The second-order valence-corrected chi connectivity index (χ2v) is 8.78. The Hall–Kier alpha value is -3.26. The van der Waals surface area contributed by atoms with E-state index in [1.54, 1.807) is 19.2 Å². The van der Waals surface area contributed by atoms with Crippen LogP contribution in [0.15, 0.2) is 65.9 Å². The van der Waals surface area contributed by atoms with E-state index in [0.717, 1.165) is 22.4 Å². The summed E-state index contributed by atoms with van der Waals surface area (Å²) in [5.41, 5.74) is 2.76. The van der Waals surface area contributed by atoms with E-state index in [2.05, 4.69) is 5.32 Å². The number of esters is 1. The third-order valence-electron chi connectivity index (χ3n) is 5.41. The smallest absolute Gasteiger partial charge is 0.355 e. The minimum Gasteiger partial charge on any atom is -0.497 e. The van der Waals surface area contributed by atoms with Gasteiger partial charge in [0, 0.05) is 5.75 Å². The van der Waals surface area contributed by atoms with Crippen molar-refractivity contribution in [2.75, 3.05) is 12.9 Å². The number of methoxy groups -OCH3 is 1. The maximum absolute atomic E-state index is 12.8. The van der Waals surface area contributed by atoms with Crippen molar-refractivity contribution in [2.45, 2.75) is 31.4 Å². The van der Waals surface area contributed by atoms with E-state index in [1.165, 1.54) is 16.7 Å². The Morgan fingerprint density at radius 2 is 1.81 bits per heavy atom. The molecule has 0 saturated carbocycles. The molecule has 0 bridgehead atoms. The summed E-state index contributed by atoms with van der Waals surface area (Å²) in [7, 11) is 1.59. The van der Waals surface area contributed by atoms with Crippen molar-refractivity contribution >= 4 is 29.5 Å². The number of benzene rings is 2. The molecule has 2 amide bonds. The average molecular weight is 453 g/mol. The van der Waals surface area contributed by atoms with Gasteiger partial charge in [0.2, 0.25) is 5.91 Å². The summed E-state index contributed by atoms with van der Waals surface area (Å²) in [6.45, 7) is 1.92. The molecule has 1 N–H and O–H groups in total. The number of carbonyl (C=O) groups is 3. The van der Waals surface area contributed by atoms with Crippen molar-refractivity contribution in [1.82, 2.24) is 10.2 Å². The molecule has 0 unspecified atom stereocenters. The van der Waals surface area contributed by atoms with Crippen molar-refractivity contribution in [2.24, 2.45) is 0 Å². The molecule has 0 radical (unpaired) electrons. The molecule has 32 heavy (non-hydrogen) atoms. The molecule has 7 nitrogen and oxygen atoms in total. The maximum atomic E-state index is 12.8. The van der Waals surface area contributed by atoms with Crippen LogP contribution in [0.4, 0.5) is 0 Å². The molecule has 166 valence electrons. The number of β-lactam (4-membered cyclic amide) rings is 1. The van der Waals surface area contributed by atoms with E-state index in [-0.39, 0.29) is 35.9 Å². The molecule has 1 saturated heterocycles. The van der Waals surface area contributed by atoms with Crippen LogP contribution in [0.2, 0.25) is 0 Å². The van der Waals surface area contributed by atoms with E-state index in [9.17, 15) is 14.4 Å². The van der Waals surface area contributed by atoms with Crippen LogP contribution >= 0.6 is 11.8 Å². The van der Waals surface area contributed by atoms with Crippen molar-refractivity contribution in [3.05, 3.63) is 77.0 Å². The van der Waals surface area contributed by atoms with Crippen molar-refractivity contribution in [3.8, 4) is 5.75 Å². The highest BCUT2D eigenvalue weighted by Gasteiger charge is 2.53. The Morgan fingerprint density at radius 3 is 2.50 bits per heavy atom. The van der Waals surface area contributed by atoms with Crippen LogP contribution in [0.25, 0.3) is 0 Å². The molecule has 1 fully saturated rings. The van der Waals surface area contributed by atoms with Gasteiger partial charge >= 0.3 is 5.97 Å². The molecule has 2 atom stereocenters. The van der Waals surface area contributed by atoms with E-state index in [4.69, 9.17) is 9.47 Å². The van der Waals surface area contributed by atoms with Gasteiger partial charge in [-0.3, -0.25) is 14.5 Å². The zero-order valence-electron chi connectivity index (χ0n) is 17.9. The van der Waals surface area contributed by atoms with Crippen LogP contribution in [0, 0.1) is 0 Å². The Balaban J connectivity index is 1.37. The summed E-state index contributed by atoms with van der Waals surface area (Å²) in [6, 6.07) is 15.9. The first-order chi connectivity index (χ1) is 15.5. The number of nitrogens with zero attached hydrogens (tertiary/aromatic N) is 1. The van der Waals surface area contributed by atoms with Crippen molar-refractivity contribution in [1.29, 1.82) is 0 Å². The van der Waals surface area contributed by atoms with Crippen LogP contribution in [-0.4, -0.2) is 47.0 Å². The number of rotatable bonds is 7. The Morgan fingerprint density at radius 1 is 1.09 bits per heavy atom. The van der Waals surface area contributed by atoms with Gasteiger partial charge in [-0.1, -0.05) is 42.5 Å². The molecule has 4 rings (SSSR count). The summed E-state index contributed by atoms with van der Waals surface area (Å²) < 4.78 is 10.6. The number of hydrogen-bond acceptors (Lipinski definition) is 6. The fourth-order valence-corrected chi connectivity index (χ4v) is 5.00. The monoisotopic (exact) mass is 452 g/mol. The molecule has 2 aliphatic rings. The van der Waals surface area contributed by atoms with Crippen molar-refractivity contribution in [3.63, 3.8) is 0 Å². The Bertz CT molecular complexity index is 1050. The fourth-order valence-electron chi connectivity index (χ4n) is 3.71. The van der Waals surface area contributed by atoms with E-state index in [0.29, 0.717) is 5.75 Å². The highest BCUT2D eigenvalue weighted by atomic mass is 32.2. The van der Waals surface area contributed by atoms with Gasteiger partial charge in [0.05, 0.1) is 13.5 Å². The van der Waals surface area contributed by atoms with Gasteiger partial charge in [-0.05, 0) is 35.8 Å². The molecular formula is C24H24N2O5S. The molecular weight excluding hydrogens is 428 g/mol. The van der Waals surface area contributed by atoms with Crippen LogP contribution in [0.1, 0.15) is 18.1 Å². The number of hydrogen-bond donors (Lipinski definition) is 1. The standard InChI is InChI=1S/C24H24N2O5S/c1-15-14-32-23-20(25-19(27)12-16-6-4-3-5-7-16)22(28)26(23)21(15)24(29)31-13-17-8-10-18(30-2)11-9-17/h3-11,20,23H,12-14H2,1-2H3,(H,25,27)/t20-,23-/m1/s1. The minimum atomic E-state index is -0.645. The third-order valence-corrected chi connectivity index (χ3v) is 6.83. The zero-order chi connectivity index (χ0) is 22.7. The Labute approximate surface area is 190 Å². The number of ether oxygens (including phenoxy) is 2. The molecule has 2 aromatic rings. The molecule has 0 spiro atoms. The number of amides is 2. The molecule has 2 aliphatic heterocycles. The van der Waals surface area contributed by atoms with Gasteiger partial charge in [-0.25, -0.2) is 4.79 Å². The largest absolute Gasteiger partial charge is 0.497 e. The first-order valence-corrected chi connectivity index (χ1v) is 11.3. The highest BCUT2D eigenvalue weighted by molar-refractivity contribution is 8.00. The predicted octanol–water partition coefficient (Wildman–Crippen LogP) is 2.66. The SMILES string of the molecule is COc1ccc(COC(=O)C2=C(C)CS[C@@H]3[C@H](NC(=O)Cc4ccccc4)C(=O)N23)cc1. The molecule has 8 heteroatoms. The molecule has 0 aliphatic carbocycles. The second-order valence-electron chi connectivity index (χ2n) is 7.67. The van der Waals surface area contributed by atoms with E-state index >= 15 is 0 Å².